The number of rotatable bonds is 8. The van der Waals surface area contributed by atoms with Gasteiger partial charge >= 0.3 is 0 Å². The van der Waals surface area contributed by atoms with Crippen LogP contribution in [0, 0.1) is 5.41 Å². The molecule has 0 aromatic heterocycles. The van der Waals surface area contributed by atoms with Gasteiger partial charge < -0.3 is 14.2 Å². The Kier molecular flexibility index (Phi) is 6.64. The van der Waals surface area contributed by atoms with Gasteiger partial charge in [-0.3, -0.25) is 4.79 Å². The first-order valence-corrected chi connectivity index (χ1v) is 9.61. The fourth-order valence-corrected chi connectivity index (χ4v) is 2.99. The average molecular weight is 368 g/mol. The van der Waals surface area contributed by atoms with E-state index in [-0.39, 0.29) is 17.5 Å². The number of Topliss-reactive ketones (excluding diaryl/α,β-unsaturated/α-hetero) is 1. The molecule has 2 aromatic carbocycles. The van der Waals surface area contributed by atoms with Crippen LogP contribution in [0.2, 0.25) is 0 Å². The van der Waals surface area contributed by atoms with Crippen LogP contribution in [-0.2, 0) is 9.47 Å². The Morgan fingerprint density at radius 1 is 1.00 bits per heavy atom. The van der Waals surface area contributed by atoms with Gasteiger partial charge in [0.2, 0.25) is 0 Å². The highest BCUT2D eigenvalue weighted by molar-refractivity contribution is 5.96. The van der Waals surface area contributed by atoms with E-state index in [1.54, 1.807) is 0 Å². The second kappa shape index (κ2) is 9.16. The standard InChI is InChI=1S/C23H28O4/c1-23(2)16-25-22(26-17-23)14-7-6-13-21(24)18-9-8-12-20(15-18)27-19-10-4-3-5-11-19/h3-5,8-12,15,22H,6-7,13-14,16-17H2,1-2H3. The molecule has 2 aromatic rings. The first-order chi connectivity index (χ1) is 13.0. The van der Waals surface area contributed by atoms with Crippen molar-refractivity contribution in [1.29, 1.82) is 0 Å². The Morgan fingerprint density at radius 2 is 1.70 bits per heavy atom. The molecule has 0 bridgehead atoms. The Hall–Kier alpha value is -2.17. The molecule has 0 N–H and O–H groups in total. The topological polar surface area (TPSA) is 44.8 Å². The fraction of sp³-hybridized carbons (Fsp3) is 0.435. The quantitative estimate of drug-likeness (QED) is 0.448. The summed E-state index contributed by atoms with van der Waals surface area (Å²) in [5.41, 5.74) is 0.787. The molecule has 0 atom stereocenters. The molecule has 0 aliphatic carbocycles. The van der Waals surface area contributed by atoms with E-state index in [2.05, 4.69) is 13.8 Å². The van der Waals surface area contributed by atoms with Gasteiger partial charge in [-0.1, -0.05) is 44.2 Å². The summed E-state index contributed by atoms with van der Waals surface area (Å²) >= 11 is 0. The number of hydrogen-bond acceptors (Lipinski definition) is 4. The van der Waals surface area contributed by atoms with E-state index in [0.29, 0.717) is 17.7 Å². The van der Waals surface area contributed by atoms with Gasteiger partial charge in [0.15, 0.2) is 12.1 Å². The van der Waals surface area contributed by atoms with Crippen molar-refractivity contribution in [3.63, 3.8) is 0 Å². The maximum Gasteiger partial charge on any atom is 0.163 e. The van der Waals surface area contributed by atoms with E-state index < -0.39 is 0 Å². The number of ketones is 1. The summed E-state index contributed by atoms with van der Waals surface area (Å²) in [5, 5.41) is 0. The fourth-order valence-electron chi connectivity index (χ4n) is 2.99. The number of benzene rings is 2. The zero-order valence-corrected chi connectivity index (χ0v) is 16.1. The molecule has 0 radical (unpaired) electrons. The van der Waals surface area contributed by atoms with Crippen LogP contribution < -0.4 is 4.74 Å². The predicted octanol–water partition coefficient (Wildman–Crippen LogP) is 5.62. The molecule has 4 nitrogen and oxygen atoms in total. The molecule has 1 aliphatic heterocycles. The zero-order chi connectivity index (χ0) is 19.1. The molecule has 1 heterocycles. The summed E-state index contributed by atoms with van der Waals surface area (Å²) < 4.78 is 17.3. The summed E-state index contributed by atoms with van der Waals surface area (Å²) in [6.07, 6.45) is 2.97. The molecule has 0 amide bonds. The second-order valence-electron chi connectivity index (χ2n) is 7.83. The Bertz CT molecular complexity index is 729. The number of para-hydroxylation sites is 1. The number of unbranched alkanes of at least 4 members (excludes halogenated alkanes) is 1. The molecule has 1 fully saturated rings. The molecule has 0 saturated carbocycles. The van der Waals surface area contributed by atoms with Crippen LogP contribution in [0.4, 0.5) is 0 Å². The van der Waals surface area contributed by atoms with Crippen LogP contribution in [-0.4, -0.2) is 25.3 Å². The van der Waals surface area contributed by atoms with Crippen molar-refractivity contribution < 1.29 is 19.0 Å². The van der Waals surface area contributed by atoms with Gasteiger partial charge in [-0.2, -0.15) is 0 Å². The summed E-state index contributed by atoms with van der Waals surface area (Å²) in [4.78, 5) is 12.5. The van der Waals surface area contributed by atoms with Crippen LogP contribution in [0.25, 0.3) is 0 Å². The predicted molar refractivity (Wildman–Crippen MR) is 105 cm³/mol. The minimum Gasteiger partial charge on any atom is -0.457 e. The molecule has 0 spiro atoms. The maximum atomic E-state index is 12.5. The highest BCUT2D eigenvalue weighted by Gasteiger charge is 2.27. The SMILES string of the molecule is CC1(C)COC(CCCCC(=O)c2cccc(Oc3ccccc3)c2)OC1. The van der Waals surface area contributed by atoms with Crippen molar-refractivity contribution in [2.24, 2.45) is 5.41 Å². The third-order valence-electron chi connectivity index (χ3n) is 4.55. The third kappa shape index (κ3) is 6.19. The van der Waals surface area contributed by atoms with Crippen molar-refractivity contribution in [3.05, 3.63) is 60.2 Å². The largest absolute Gasteiger partial charge is 0.457 e. The summed E-state index contributed by atoms with van der Waals surface area (Å²) in [5.74, 6) is 1.58. The maximum absolute atomic E-state index is 12.5. The molecule has 1 aliphatic rings. The number of hydrogen-bond donors (Lipinski definition) is 0. The number of carbonyl (C=O) groups is 1. The van der Waals surface area contributed by atoms with Crippen molar-refractivity contribution in [2.45, 2.75) is 45.8 Å². The van der Waals surface area contributed by atoms with Crippen molar-refractivity contribution >= 4 is 5.78 Å². The van der Waals surface area contributed by atoms with E-state index in [1.165, 1.54) is 0 Å². The van der Waals surface area contributed by atoms with Crippen molar-refractivity contribution in [2.75, 3.05) is 13.2 Å². The number of carbonyl (C=O) groups excluding carboxylic acids is 1. The van der Waals surface area contributed by atoms with Crippen LogP contribution in [0.3, 0.4) is 0 Å². The molecule has 1 saturated heterocycles. The third-order valence-corrected chi connectivity index (χ3v) is 4.55. The smallest absolute Gasteiger partial charge is 0.163 e. The lowest BCUT2D eigenvalue weighted by molar-refractivity contribution is -0.224. The normalized spacial score (nSPS) is 16.8. The summed E-state index contributed by atoms with van der Waals surface area (Å²) in [6, 6.07) is 16.9. The Morgan fingerprint density at radius 3 is 2.44 bits per heavy atom. The van der Waals surface area contributed by atoms with Crippen LogP contribution in [0.15, 0.2) is 54.6 Å². The van der Waals surface area contributed by atoms with Gasteiger partial charge in [0, 0.05) is 17.4 Å². The second-order valence-corrected chi connectivity index (χ2v) is 7.83. The summed E-state index contributed by atoms with van der Waals surface area (Å²) in [6.45, 7) is 5.73. The highest BCUT2D eigenvalue weighted by Crippen LogP contribution is 2.26. The van der Waals surface area contributed by atoms with Gasteiger partial charge in [-0.05, 0) is 43.5 Å². The Labute approximate surface area is 161 Å². The molecular weight excluding hydrogens is 340 g/mol. The molecule has 0 unspecified atom stereocenters. The van der Waals surface area contributed by atoms with E-state index in [1.807, 2.05) is 54.6 Å². The van der Waals surface area contributed by atoms with Crippen LogP contribution >= 0.6 is 0 Å². The minimum atomic E-state index is -0.129. The van der Waals surface area contributed by atoms with Crippen molar-refractivity contribution in [3.8, 4) is 11.5 Å². The van der Waals surface area contributed by atoms with Crippen molar-refractivity contribution in [1.82, 2.24) is 0 Å². The van der Waals surface area contributed by atoms with Crippen LogP contribution in [0.5, 0.6) is 11.5 Å². The van der Waals surface area contributed by atoms with Crippen LogP contribution in [0.1, 0.15) is 49.9 Å². The lowest BCUT2D eigenvalue weighted by Crippen LogP contribution is -2.37. The molecular formula is C23H28O4. The van der Waals surface area contributed by atoms with Gasteiger partial charge in [0.25, 0.3) is 0 Å². The monoisotopic (exact) mass is 368 g/mol. The highest BCUT2D eigenvalue weighted by atomic mass is 16.7. The van der Waals surface area contributed by atoms with E-state index in [0.717, 1.165) is 38.2 Å². The minimum absolute atomic E-state index is 0.0965. The van der Waals surface area contributed by atoms with Gasteiger partial charge in [-0.25, -0.2) is 0 Å². The lowest BCUT2D eigenvalue weighted by Gasteiger charge is -2.34. The molecule has 144 valence electrons. The lowest BCUT2D eigenvalue weighted by atomic mass is 9.95. The summed E-state index contributed by atoms with van der Waals surface area (Å²) in [7, 11) is 0. The molecule has 27 heavy (non-hydrogen) atoms. The first kappa shape index (κ1) is 19.6. The zero-order valence-electron chi connectivity index (χ0n) is 16.1. The number of ether oxygens (including phenoxy) is 3. The van der Waals surface area contributed by atoms with E-state index >= 15 is 0 Å². The van der Waals surface area contributed by atoms with Gasteiger partial charge in [0.05, 0.1) is 13.2 Å². The average Bonchev–Trinajstić information content (AvgIpc) is 2.67. The van der Waals surface area contributed by atoms with Gasteiger partial charge in [-0.15, -0.1) is 0 Å². The van der Waals surface area contributed by atoms with E-state index in [4.69, 9.17) is 14.2 Å². The van der Waals surface area contributed by atoms with E-state index in [9.17, 15) is 4.79 Å². The Balaban J connectivity index is 1.42. The van der Waals surface area contributed by atoms with Gasteiger partial charge in [0.1, 0.15) is 11.5 Å². The first-order valence-electron chi connectivity index (χ1n) is 9.61. The molecule has 4 heteroatoms. The molecule has 3 rings (SSSR count).